The minimum absolute atomic E-state index is 0.0755. The molecule has 0 heterocycles. The van der Waals surface area contributed by atoms with E-state index in [-0.39, 0.29) is 11.8 Å². The van der Waals surface area contributed by atoms with Crippen molar-refractivity contribution in [1.82, 2.24) is 9.80 Å². The van der Waals surface area contributed by atoms with Crippen molar-refractivity contribution < 1.29 is 9.59 Å². The Morgan fingerprint density at radius 3 is 1.23 bits per heavy atom. The van der Waals surface area contributed by atoms with Gasteiger partial charge in [0.15, 0.2) is 0 Å². The second-order valence-electron chi connectivity index (χ2n) is 12.3. The predicted molar refractivity (Wildman–Crippen MR) is 184 cm³/mol. The average Bonchev–Trinajstić information content (AvgIpc) is 2.99. The van der Waals surface area contributed by atoms with Gasteiger partial charge >= 0.3 is 0 Å². The highest BCUT2D eigenvalue weighted by Crippen LogP contribution is 2.17. The minimum atomic E-state index is 0.0755. The highest BCUT2D eigenvalue weighted by molar-refractivity contribution is 5.91. The molecule has 0 aliphatic heterocycles. The maximum Gasteiger partial charge on any atom is 0.224 e. The van der Waals surface area contributed by atoms with Crippen LogP contribution < -0.4 is 10.6 Å². The largest absolute Gasteiger partial charge is 0.326 e. The number of benzene rings is 2. The molecule has 0 unspecified atom stereocenters. The lowest BCUT2D eigenvalue weighted by atomic mass is 10.0. The zero-order valence-corrected chi connectivity index (χ0v) is 27.8. The van der Waals surface area contributed by atoms with Crippen LogP contribution in [0, 0.1) is 0 Å². The number of hydrogen-bond donors (Lipinski definition) is 2. The van der Waals surface area contributed by atoms with Gasteiger partial charge in [0.1, 0.15) is 0 Å². The Morgan fingerprint density at radius 1 is 0.512 bits per heavy atom. The molecule has 0 saturated heterocycles. The highest BCUT2D eigenvalue weighted by Gasteiger charge is 2.07. The van der Waals surface area contributed by atoms with Crippen molar-refractivity contribution in [3.63, 3.8) is 0 Å². The van der Waals surface area contributed by atoms with Crippen LogP contribution >= 0.6 is 0 Å². The van der Waals surface area contributed by atoms with Crippen LogP contribution in [0.2, 0.25) is 0 Å². The van der Waals surface area contributed by atoms with Gasteiger partial charge in [-0.05, 0) is 108 Å². The predicted octanol–water partition coefficient (Wildman–Crippen LogP) is 8.52. The molecule has 2 aromatic carbocycles. The third-order valence-electron chi connectivity index (χ3n) is 8.06. The van der Waals surface area contributed by atoms with E-state index in [1.54, 1.807) is 0 Å². The molecule has 0 aliphatic rings. The Morgan fingerprint density at radius 2 is 0.860 bits per heavy atom. The molecule has 0 radical (unpaired) electrons. The highest BCUT2D eigenvalue weighted by atomic mass is 16.2. The number of rotatable bonds is 24. The van der Waals surface area contributed by atoms with Crippen LogP contribution in [0.1, 0.15) is 115 Å². The van der Waals surface area contributed by atoms with E-state index in [4.69, 9.17) is 0 Å². The van der Waals surface area contributed by atoms with Gasteiger partial charge in [-0.3, -0.25) is 9.59 Å². The number of nitrogens with zero attached hydrogens (tertiary/aromatic N) is 2. The Hall–Kier alpha value is -2.70. The Kier molecular flexibility index (Phi) is 19.3. The summed E-state index contributed by atoms with van der Waals surface area (Å²) in [6.45, 7) is 8.63. The van der Waals surface area contributed by atoms with E-state index in [9.17, 15) is 9.59 Å². The van der Waals surface area contributed by atoms with Crippen molar-refractivity contribution in [3.8, 4) is 0 Å². The Labute approximate surface area is 263 Å². The van der Waals surface area contributed by atoms with Crippen LogP contribution in [-0.4, -0.2) is 61.9 Å². The standard InChI is InChI=1S/C37H60N4O2/c1-5-7-9-11-13-27-40(3)29-15-17-36(42)38-34-23-19-32(20-24-34)31-33-21-25-35(26-22-33)39-37(43)18-16-30-41(4)28-14-12-10-8-6-2/h19-26H,5-18,27-31H2,1-4H3,(H,38,42)(H,39,43). The van der Waals surface area contributed by atoms with E-state index in [0.29, 0.717) is 12.8 Å². The number of anilines is 2. The van der Waals surface area contributed by atoms with E-state index in [1.165, 1.54) is 75.3 Å². The average molecular weight is 593 g/mol. The molecule has 0 fully saturated rings. The summed E-state index contributed by atoms with van der Waals surface area (Å²) in [6, 6.07) is 16.2. The number of unbranched alkanes of at least 4 members (excludes halogenated alkanes) is 8. The maximum absolute atomic E-state index is 12.4. The summed E-state index contributed by atoms with van der Waals surface area (Å²) in [5.41, 5.74) is 4.05. The maximum atomic E-state index is 12.4. The summed E-state index contributed by atoms with van der Waals surface area (Å²) >= 11 is 0. The minimum Gasteiger partial charge on any atom is -0.326 e. The Balaban J connectivity index is 1.62. The van der Waals surface area contributed by atoms with Gasteiger partial charge in [-0.1, -0.05) is 89.5 Å². The SMILES string of the molecule is CCCCCCCN(C)CCCC(=O)Nc1ccc(Cc2ccc(NC(=O)CCCN(C)CCCCCCC)cc2)cc1. The summed E-state index contributed by atoms with van der Waals surface area (Å²) in [5.74, 6) is 0.151. The zero-order valence-electron chi connectivity index (χ0n) is 27.8. The van der Waals surface area contributed by atoms with Crippen LogP contribution in [0.25, 0.3) is 0 Å². The quantitative estimate of drug-likeness (QED) is 0.120. The molecule has 0 saturated carbocycles. The number of hydrogen-bond acceptors (Lipinski definition) is 4. The van der Waals surface area contributed by atoms with Gasteiger partial charge < -0.3 is 20.4 Å². The lowest BCUT2D eigenvalue weighted by Crippen LogP contribution is -2.22. The number of carbonyl (C=O) groups excluding carboxylic acids is 2. The van der Waals surface area contributed by atoms with Gasteiger partial charge in [-0.25, -0.2) is 0 Å². The van der Waals surface area contributed by atoms with Crippen LogP contribution in [0.5, 0.6) is 0 Å². The van der Waals surface area contributed by atoms with E-state index in [0.717, 1.165) is 56.8 Å². The monoisotopic (exact) mass is 592 g/mol. The smallest absolute Gasteiger partial charge is 0.224 e. The lowest BCUT2D eigenvalue weighted by Gasteiger charge is -2.16. The normalized spacial score (nSPS) is 11.3. The fraction of sp³-hybridized carbons (Fsp3) is 0.622. The molecule has 6 nitrogen and oxygen atoms in total. The molecule has 0 atom stereocenters. The topological polar surface area (TPSA) is 64.7 Å². The molecule has 240 valence electrons. The van der Waals surface area contributed by atoms with Gasteiger partial charge in [0.05, 0.1) is 0 Å². The van der Waals surface area contributed by atoms with E-state index in [2.05, 4.69) is 72.6 Å². The molecule has 0 aromatic heterocycles. The van der Waals surface area contributed by atoms with Gasteiger partial charge in [0.2, 0.25) is 11.8 Å². The molecule has 2 N–H and O–H groups in total. The molecule has 43 heavy (non-hydrogen) atoms. The van der Waals surface area contributed by atoms with Crippen LogP contribution in [0.15, 0.2) is 48.5 Å². The number of nitrogens with one attached hydrogen (secondary N) is 2. The fourth-order valence-corrected chi connectivity index (χ4v) is 5.31. The third-order valence-corrected chi connectivity index (χ3v) is 8.06. The molecule has 0 spiro atoms. The first-order chi connectivity index (χ1) is 20.9. The number of carbonyl (C=O) groups is 2. The second kappa shape index (κ2) is 22.8. The van der Waals surface area contributed by atoms with E-state index >= 15 is 0 Å². The molecule has 2 rings (SSSR count). The first kappa shape index (κ1) is 36.5. The molecular weight excluding hydrogens is 532 g/mol. The molecular formula is C37H60N4O2. The van der Waals surface area contributed by atoms with E-state index < -0.39 is 0 Å². The summed E-state index contributed by atoms with van der Waals surface area (Å²) in [4.78, 5) is 29.5. The summed E-state index contributed by atoms with van der Waals surface area (Å²) < 4.78 is 0. The first-order valence-electron chi connectivity index (χ1n) is 17.0. The van der Waals surface area contributed by atoms with Crippen LogP contribution in [0.3, 0.4) is 0 Å². The summed E-state index contributed by atoms with van der Waals surface area (Å²) in [5, 5.41) is 6.07. The summed E-state index contributed by atoms with van der Waals surface area (Å²) in [7, 11) is 4.30. The molecule has 0 aliphatic carbocycles. The Bertz CT molecular complexity index is 925. The third kappa shape index (κ3) is 17.9. The molecule has 0 bridgehead atoms. The molecule has 2 amide bonds. The van der Waals surface area contributed by atoms with Crippen LogP contribution in [-0.2, 0) is 16.0 Å². The second-order valence-corrected chi connectivity index (χ2v) is 12.3. The van der Waals surface area contributed by atoms with Gasteiger partial charge in [0, 0.05) is 24.2 Å². The van der Waals surface area contributed by atoms with Crippen LogP contribution in [0.4, 0.5) is 11.4 Å². The van der Waals surface area contributed by atoms with Gasteiger partial charge in [-0.15, -0.1) is 0 Å². The number of amides is 2. The van der Waals surface area contributed by atoms with Crippen molar-refractivity contribution in [2.24, 2.45) is 0 Å². The van der Waals surface area contributed by atoms with Crippen molar-refractivity contribution in [2.45, 2.75) is 110 Å². The molecule has 2 aromatic rings. The molecule has 6 heteroatoms. The van der Waals surface area contributed by atoms with Gasteiger partial charge in [0.25, 0.3) is 0 Å². The van der Waals surface area contributed by atoms with Crippen molar-refractivity contribution in [2.75, 3.05) is 50.9 Å². The zero-order chi connectivity index (χ0) is 31.1. The first-order valence-corrected chi connectivity index (χ1v) is 17.0. The summed E-state index contributed by atoms with van der Waals surface area (Å²) in [6.07, 6.45) is 16.6. The van der Waals surface area contributed by atoms with Gasteiger partial charge in [-0.2, -0.15) is 0 Å². The lowest BCUT2D eigenvalue weighted by molar-refractivity contribution is -0.117. The van der Waals surface area contributed by atoms with Crippen molar-refractivity contribution in [3.05, 3.63) is 59.7 Å². The van der Waals surface area contributed by atoms with Crippen molar-refractivity contribution >= 4 is 23.2 Å². The fourth-order valence-electron chi connectivity index (χ4n) is 5.31. The van der Waals surface area contributed by atoms with E-state index in [1.807, 2.05) is 24.3 Å². The van der Waals surface area contributed by atoms with Crippen molar-refractivity contribution in [1.29, 1.82) is 0 Å².